The molecule has 28 heavy (non-hydrogen) atoms. The molecule has 2 fully saturated rings. The third-order valence-electron chi connectivity index (χ3n) is 5.41. The zero-order chi connectivity index (χ0) is 19.8. The van der Waals surface area contributed by atoms with Gasteiger partial charge in [0.05, 0.1) is 17.1 Å². The first kappa shape index (κ1) is 19.3. The van der Waals surface area contributed by atoms with Gasteiger partial charge in [0.15, 0.2) is 0 Å². The molecular weight excluding hydrogens is 397 g/mol. The molecule has 2 aliphatic rings. The molecule has 0 N–H and O–H groups in total. The summed E-state index contributed by atoms with van der Waals surface area (Å²) in [5, 5.41) is 0.802. The number of rotatable bonds is 7. The van der Waals surface area contributed by atoms with Crippen molar-refractivity contribution in [3.8, 4) is 0 Å². The number of amides is 2. The number of hydrogen-bond donors (Lipinski definition) is 0. The Morgan fingerprint density at radius 1 is 1.07 bits per heavy atom. The van der Waals surface area contributed by atoms with Gasteiger partial charge in [-0.25, -0.2) is 0 Å². The Kier molecular flexibility index (Phi) is 5.39. The van der Waals surface area contributed by atoms with Crippen molar-refractivity contribution in [2.24, 2.45) is 7.05 Å². The summed E-state index contributed by atoms with van der Waals surface area (Å²) >= 11 is 12.2. The van der Waals surface area contributed by atoms with Crippen molar-refractivity contribution < 1.29 is 9.59 Å². The topological polar surface area (TPSA) is 45.6 Å². The smallest absolute Gasteiger partial charge is 0.256 e. The molecule has 5 nitrogen and oxygen atoms in total. The molecule has 2 amide bonds. The molecule has 0 radical (unpaired) electrons. The molecular formula is C21H23Cl2N3O2. The minimum absolute atomic E-state index is 0.00552. The molecule has 148 valence electrons. The highest BCUT2D eigenvalue weighted by Gasteiger charge is 2.38. The standard InChI is InChI=1S/C21H23Cl2N3O2/c1-24-10-2-3-17(24)12-25(15-5-6-15)20(27)13-26(16-7-8-16)21(28)18-9-4-14(22)11-19(18)23/h2-4,9-11,15-16H,5-8,12-13H2,1H3. The van der Waals surface area contributed by atoms with Gasteiger partial charge < -0.3 is 14.4 Å². The van der Waals surface area contributed by atoms with E-state index in [0.717, 1.165) is 31.4 Å². The van der Waals surface area contributed by atoms with Crippen LogP contribution in [0.5, 0.6) is 0 Å². The van der Waals surface area contributed by atoms with Gasteiger partial charge in [0.25, 0.3) is 5.91 Å². The lowest BCUT2D eigenvalue weighted by molar-refractivity contribution is -0.133. The fourth-order valence-corrected chi connectivity index (χ4v) is 3.94. The SMILES string of the molecule is Cn1cccc1CN(C(=O)CN(C(=O)c1ccc(Cl)cc1Cl)C1CC1)C1CC1. The first-order chi connectivity index (χ1) is 13.4. The highest BCUT2D eigenvalue weighted by molar-refractivity contribution is 6.36. The fraction of sp³-hybridized carbons (Fsp3) is 0.429. The van der Waals surface area contributed by atoms with Gasteiger partial charge in [0.1, 0.15) is 6.54 Å². The van der Waals surface area contributed by atoms with E-state index in [9.17, 15) is 9.59 Å². The Hall–Kier alpha value is -1.98. The molecule has 2 aliphatic carbocycles. The lowest BCUT2D eigenvalue weighted by atomic mass is 10.2. The quantitative estimate of drug-likeness (QED) is 0.676. The minimum Gasteiger partial charge on any atom is -0.353 e. The first-order valence-electron chi connectivity index (χ1n) is 9.59. The maximum Gasteiger partial charge on any atom is 0.256 e. The van der Waals surface area contributed by atoms with Gasteiger partial charge in [-0.1, -0.05) is 23.2 Å². The van der Waals surface area contributed by atoms with Crippen LogP contribution in [0, 0.1) is 0 Å². The summed E-state index contributed by atoms with van der Waals surface area (Å²) in [6, 6.07) is 9.24. The van der Waals surface area contributed by atoms with E-state index in [-0.39, 0.29) is 30.4 Å². The van der Waals surface area contributed by atoms with Crippen molar-refractivity contribution in [1.82, 2.24) is 14.4 Å². The van der Waals surface area contributed by atoms with E-state index in [1.165, 1.54) is 0 Å². The average molecular weight is 420 g/mol. The van der Waals surface area contributed by atoms with Crippen LogP contribution < -0.4 is 0 Å². The van der Waals surface area contributed by atoms with Crippen molar-refractivity contribution in [2.45, 2.75) is 44.3 Å². The Bertz CT molecular complexity index is 903. The predicted octanol–water partition coefficient (Wildman–Crippen LogP) is 4.13. The molecule has 1 aromatic heterocycles. The number of halogens is 2. The Labute approximate surface area is 174 Å². The molecule has 0 atom stereocenters. The van der Waals surface area contributed by atoms with Gasteiger partial charge in [-0.05, 0) is 56.0 Å². The lowest BCUT2D eigenvalue weighted by Gasteiger charge is -2.28. The van der Waals surface area contributed by atoms with Crippen LogP contribution in [0.2, 0.25) is 10.0 Å². The molecule has 7 heteroatoms. The largest absolute Gasteiger partial charge is 0.353 e. The van der Waals surface area contributed by atoms with Crippen LogP contribution in [0.4, 0.5) is 0 Å². The highest BCUT2D eigenvalue weighted by atomic mass is 35.5. The van der Waals surface area contributed by atoms with E-state index in [2.05, 4.69) is 0 Å². The fourth-order valence-electron chi connectivity index (χ4n) is 3.45. The number of carbonyl (C=O) groups excluding carboxylic acids is 2. The number of benzene rings is 1. The van der Waals surface area contributed by atoms with Crippen LogP contribution >= 0.6 is 23.2 Å². The third kappa shape index (κ3) is 4.20. The summed E-state index contributed by atoms with van der Waals surface area (Å²) in [6.07, 6.45) is 5.87. The molecule has 0 saturated heterocycles. The maximum absolute atomic E-state index is 13.1. The van der Waals surface area contributed by atoms with Crippen LogP contribution in [-0.4, -0.2) is 44.8 Å². The molecule has 0 spiro atoms. The second-order valence-electron chi connectivity index (χ2n) is 7.65. The highest BCUT2D eigenvalue weighted by Crippen LogP contribution is 2.32. The molecule has 0 bridgehead atoms. The van der Waals surface area contributed by atoms with Crippen LogP contribution in [0.3, 0.4) is 0 Å². The van der Waals surface area contributed by atoms with Crippen molar-refractivity contribution in [2.75, 3.05) is 6.54 Å². The monoisotopic (exact) mass is 419 g/mol. The zero-order valence-electron chi connectivity index (χ0n) is 15.8. The van der Waals surface area contributed by atoms with Gasteiger partial charge in [-0.2, -0.15) is 0 Å². The summed E-state index contributed by atoms with van der Waals surface area (Å²) in [5.74, 6) is -0.207. The summed E-state index contributed by atoms with van der Waals surface area (Å²) in [6.45, 7) is 0.658. The first-order valence-corrected chi connectivity index (χ1v) is 10.4. The normalized spacial score (nSPS) is 16.1. The molecule has 2 aromatic rings. The van der Waals surface area contributed by atoms with Crippen molar-refractivity contribution in [1.29, 1.82) is 0 Å². The van der Waals surface area contributed by atoms with Crippen molar-refractivity contribution >= 4 is 35.0 Å². The van der Waals surface area contributed by atoms with E-state index in [0.29, 0.717) is 22.2 Å². The Morgan fingerprint density at radius 2 is 1.75 bits per heavy atom. The van der Waals surface area contributed by atoms with Crippen molar-refractivity contribution in [3.63, 3.8) is 0 Å². The van der Waals surface area contributed by atoms with E-state index in [4.69, 9.17) is 23.2 Å². The summed E-state index contributed by atoms with van der Waals surface area (Å²) in [7, 11) is 1.98. The molecule has 0 unspecified atom stereocenters. The second-order valence-corrected chi connectivity index (χ2v) is 8.50. The maximum atomic E-state index is 13.1. The number of carbonyl (C=O) groups is 2. The van der Waals surface area contributed by atoms with Gasteiger partial charge in [-0.15, -0.1) is 0 Å². The number of hydrogen-bond acceptors (Lipinski definition) is 2. The molecule has 1 heterocycles. The van der Waals surface area contributed by atoms with E-state index in [1.54, 1.807) is 23.1 Å². The summed E-state index contributed by atoms with van der Waals surface area (Å²) < 4.78 is 2.03. The number of aromatic nitrogens is 1. The molecule has 4 rings (SSSR count). The van der Waals surface area contributed by atoms with Gasteiger partial charge in [0, 0.05) is 36.0 Å². The average Bonchev–Trinajstić information content (AvgIpc) is 3.57. The predicted molar refractivity (Wildman–Crippen MR) is 110 cm³/mol. The van der Waals surface area contributed by atoms with Crippen LogP contribution in [0.25, 0.3) is 0 Å². The van der Waals surface area contributed by atoms with Gasteiger partial charge in [-0.3, -0.25) is 9.59 Å². The summed E-state index contributed by atoms with van der Waals surface area (Å²) in [4.78, 5) is 29.8. The number of nitrogens with zero attached hydrogens (tertiary/aromatic N) is 3. The number of aryl methyl sites for hydroxylation is 1. The van der Waals surface area contributed by atoms with E-state index in [1.807, 2.05) is 34.8 Å². The lowest BCUT2D eigenvalue weighted by Crippen LogP contribution is -2.44. The van der Waals surface area contributed by atoms with Crippen LogP contribution in [0.15, 0.2) is 36.5 Å². The van der Waals surface area contributed by atoms with Gasteiger partial charge >= 0.3 is 0 Å². The molecule has 1 aromatic carbocycles. The van der Waals surface area contributed by atoms with Gasteiger partial charge in [0.2, 0.25) is 5.91 Å². The third-order valence-corrected chi connectivity index (χ3v) is 5.96. The zero-order valence-corrected chi connectivity index (χ0v) is 17.3. The van der Waals surface area contributed by atoms with E-state index >= 15 is 0 Å². The van der Waals surface area contributed by atoms with Crippen molar-refractivity contribution in [3.05, 3.63) is 57.8 Å². The minimum atomic E-state index is -0.202. The van der Waals surface area contributed by atoms with Crippen LogP contribution in [0.1, 0.15) is 41.7 Å². The second kappa shape index (κ2) is 7.80. The summed E-state index contributed by atoms with van der Waals surface area (Å²) in [5.41, 5.74) is 1.48. The Balaban J connectivity index is 1.51. The molecule has 0 aliphatic heterocycles. The molecule has 2 saturated carbocycles. The Morgan fingerprint density at radius 3 is 2.32 bits per heavy atom. The van der Waals surface area contributed by atoms with Crippen LogP contribution in [-0.2, 0) is 18.4 Å². The van der Waals surface area contributed by atoms with E-state index < -0.39 is 0 Å².